The van der Waals surface area contributed by atoms with Crippen LogP contribution < -0.4 is 5.32 Å². The molecule has 2 heterocycles. The molecule has 1 atom stereocenters. The van der Waals surface area contributed by atoms with Gasteiger partial charge in [-0.25, -0.2) is 4.39 Å². The zero-order chi connectivity index (χ0) is 18.0. The molecule has 1 aromatic heterocycles. The van der Waals surface area contributed by atoms with Crippen LogP contribution in [0.3, 0.4) is 0 Å². The van der Waals surface area contributed by atoms with Crippen LogP contribution in [0.1, 0.15) is 24.2 Å². The number of allylic oxidation sites excluding steroid dienone is 1. The first-order valence-corrected chi connectivity index (χ1v) is 8.36. The number of aliphatic hydroxyl groups excluding tert-OH is 1. The average molecular weight is 404 g/mol. The minimum Gasteiger partial charge on any atom is -0.388 e. The highest BCUT2D eigenvalue weighted by Gasteiger charge is 2.30. The van der Waals surface area contributed by atoms with Crippen molar-refractivity contribution in [2.24, 2.45) is 4.99 Å². The quantitative estimate of drug-likeness (QED) is 0.822. The van der Waals surface area contributed by atoms with E-state index in [1.54, 1.807) is 31.3 Å². The van der Waals surface area contributed by atoms with Gasteiger partial charge in [-0.2, -0.15) is 0 Å². The van der Waals surface area contributed by atoms with Crippen LogP contribution in [0.5, 0.6) is 0 Å². The fourth-order valence-electron chi connectivity index (χ4n) is 2.70. The van der Waals surface area contributed by atoms with E-state index in [1.165, 1.54) is 12.1 Å². The fourth-order valence-corrected chi connectivity index (χ4v) is 3.27. The lowest BCUT2D eigenvalue weighted by molar-refractivity contribution is -0.118. The molecule has 0 aliphatic carbocycles. The number of hydrogen-bond donors (Lipinski definition) is 2. The SMILES string of the molecule is CC1=C(C(=O)CO)C(c2ccc(F)cc2Br)N=C(c2ccccn2)N1. The third-order valence-electron chi connectivity index (χ3n) is 3.85. The number of aliphatic imine (C=N–C) groups is 1. The summed E-state index contributed by atoms with van der Waals surface area (Å²) in [5.41, 5.74) is 2.18. The van der Waals surface area contributed by atoms with E-state index < -0.39 is 24.2 Å². The molecule has 1 aliphatic heterocycles. The number of Topliss-reactive ketones (excluding diaryl/α,β-unsaturated/α-hetero) is 1. The Kier molecular flexibility index (Phi) is 5.06. The highest BCUT2D eigenvalue weighted by atomic mass is 79.9. The number of benzene rings is 1. The van der Waals surface area contributed by atoms with Crippen LogP contribution in [-0.4, -0.2) is 28.3 Å². The summed E-state index contributed by atoms with van der Waals surface area (Å²) < 4.78 is 13.9. The van der Waals surface area contributed by atoms with Crippen molar-refractivity contribution in [2.45, 2.75) is 13.0 Å². The third-order valence-corrected chi connectivity index (χ3v) is 4.54. The Morgan fingerprint density at radius 3 is 2.80 bits per heavy atom. The first-order chi connectivity index (χ1) is 12.0. The van der Waals surface area contributed by atoms with Gasteiger partial charge in [0.1, 0.15) is 24.2 Å². The zero-order valence-corrected chi connectivity index (χ0v) is 14.9. The Bertz CT molecular complexity index is 881. The maximum Gasteiger partial charge on any atom is 0.188 e. The van der Waals surface area contributed by atoms with Gasteiger partial charge >= 0.3 is 0 Å². The number of pyridine rings is 1. The summed E-state index contributed by atoms with van der Waals surface area (Å²) in [5, 5.41) is 12.4. The lowest BCUT2D eigenvalue weighted by Crippen LogP contribution is -2.33. The van der Waals surface area contributed by atoms with Gasteiger partial charge in [0.25, 0.3) is 0 Å². The minimum atomic E-state index is -0.673. The second-order valence-corrected chi connectivity index (χ2v) is 6.36. The van der Waals surface area contributed by atoms with Gasteiger partial charge in [-0.1, -0.05) is 28.1 Å². The van der Waals surface area contributed by atoms with Crippen LogP contribution >= 0.6 is 15.9 Å². The van der Waals surface area contributed by atoms with Gasteiger partial charge in [-0.3, -0.25) is 14.8 Å². The number of hydrogen-bond acceptors (Lipinski definition) is 5. The van der Waals surface area contributed by atoms with Crippen LogP contribution in [0, 0.1) is 5.82 Å². The Labute approximate surface area is 152 Å². The monoisotopic (exact) mass is 403 g/mol. The van der Waals surface area contributed by atoms with E-state index >= 15 is 0 Å². The molecule has 3 rings (SSSR count). The highest BCUT2D eigenvalue weighted by molar-refractivity contribution is 9.10. The van der Waals surface area contributed by atoms with Crippen molar-refractivity contribution >= 4 is 27.5 Å². The Morgan fingerprint density at radius 1 is 1.36 bits per heavy atom. The summed E-state index contributed by atoms with van der Waals surface area (Å²) in [5.74, 6) is -0.321. The first kappa shape index (κ1) is 17.4. The lowest BCUT2D eigenvalue weighted by atomic mass is 9.93. The van der Waals surface area contributed by atoms with E-state index in [-0.39, 0.29) is 0 Å². The Hall–Kier alpha value is -2.38. The summed E-state index contributed by atoms with van der Waals surface area (Å²) in [6, 6.07) is 8.97. The van der Waals surface area contributed by atoms with Crippen molar-refractivity contribution < 1.29 is 14.3 Å². The van der Waals surface area contributed by atoms with Gasteiger partial charge in [0.05, 0.1) is 0 Å². The molecular formula is C18H15BrFN3O2. The second-order valence-electron chi connectivity index (χ2n) is 5.51. The number of amidine groups is 1. The van der Waals surface area contributed by atoms with Crippen LogP contribution in [0.2, 0.25) is 0 Å². The normalized spacial score (nSPS) is 17.1. The predicted octanol–water partition coefficient (Wildman–Crippen LogP) is 2.91. The van der Waals surface area contributed by atoms with Gasteiger partial charge < -0.3 is 10.4 Å². The second kappa shape index (κ2) is 7.25. The predicted molar refractivity (Wildman–Crippen MR) is 95.5 cm³/mol. The van der Waals surface area contributed by atoms with E-state index in [1.807, 2.05) is 6.07 Å². The lowest BCUT2D eigenvalue weighted by Gasteiger charge is -2.26. The third kappa shape index (κ3) is 3.52. The number of aromatic nitrogens is 1. The molecule has 5 nitrogen and oxygen atoms in total. The Morgan fingerprint density at radius 2 is 2.16 bits per heavy atom. The van der Waals surface area contributed by atoms with Crippen molar-refractivity contribution in [1.29, 1.82) is 0 Å². The maximum absolute atomic E-state index is 13.4. The van der Waals surface area contributed by atoms with Crippen molar-refractivity contribution in [2.75, 3.05) is 6.61 Å². The Balaban J connectivity index is 2.14. The summed E-state index contributed by atoms with van der Waals surface area (Å²) in [7, 11) is 0. The number of halogens is 2. The number of carbonyl (C=O) groups excluding carboxylic acids is 1. The largest absolute Gasteiger partial charge is 0.388 e. The molecule has 25 heavy (non-hydrogen) atoms. The molecule has 1 aromatic carbocycles. The van der Waals surface area contributed by atoms with Gasteiger partial charge in [-0.15, -0.1) is 0 Å². The number of nitrogens with one attached hydrogen (secondary N) is 1. The molecule has 2 aromatic rings. The highest BCUT2D eigenvalue weighted by Crippen LogP contribution is 2.36. The molecule has 0 fully saturated rings. The standard InChI is InChI=1S/C18H15BrFN3O2/c1-10-16(15(25)9-24)17(12-6-5-11(20)8-13(12)19)23-18(22-10)14-4-2-3-7-21-14/h2-8,17,24H,9H2,1H3,(H,22,23). The summed E-state index contributed by atoms with van der Waals surface area (Å²) in [4.78, 5) is 21.1. The maximum atomic E-state index is 13.4. The van der Waals surface area contributed by atoms with E-state index in [0.717, 1.165) is 0 Å². The van der Waals surface area contributed by atoms with Crippen LogP contribution in [-0.2, 0) is 4.79 Å². The molecule has 0 amide bonds. The first-order valence-electron chi connectivity index (χ1n) is 7.57. The van der Waals surface area contributed by atoms with Crippen LogP contribution in [0.25, 0.3) is 0 Å². The molecule has 128 valence electrons. The summed E-state index contributed by atoms with van der Waals surface area (Å²) in [6.07, 6.45) is 1.65. The molecule has 2 N–H and O–H groups in total. The fraction of sp³-hybridized carbons (Fsp3) is 0.167. The molecule has 0 saturated carbocycles. The number of ketones is 1. The molecule has 0 bridgehead atoms. The van der Waals surface area contributed by atoms with Gasteiger partial charge in [-0.05, 0) is 36.8 Å². The topological polar surface area (TPSA) is 74.6 Å². The molecular weight excluding hydrogens is 389 g/mol. The van der Waals surface area contributed by atoms with Gasteiger partial charge in [0, 0.05) is 21.9 Å². The summed E-state index contributed by atoms with van der Waals surface area (Å²) in [6.45, 7) is 1.11. The molecule has 0 spiro atoms. The van der Waals surface area contributed by atoms with Crippen molar-refractivity contribution in [3.8, 4) is 0 Å². The molecule has 1 unspecified atom stereocenters. The summed E-state index contributed by atoms with van der Waals surface area (Å²) >= 11 is 3.34. The van der Waals surface area contributed by atoms with Gasteiger partial charge in [0.2, 0.25) is 0 Å². The van der Waals surface area contributed by atoms with Crippen LogP contribution in [0.4, 0.5) is 4.39 Å². The van der Waals surface area contributed by atoms with Crippen molar-refractivity contribution in [1.82, 2.24) is 10.3 Å². The zero-order valence-electron chi connectivity index (χ0n) is 13.3. The molecule has 0 saturated heterocycles. The number of aliphatic hydroxyl groups is 1. The number of carbonyl (C=O) groups is 1. The minimum absolute atomic E-state index is 0.342. The smallest absolute Gasteiger partial charge is 0.188 e. The molecule has 0 radical (unpaired) electrons. The van der Waals surface area contributed by atoms with E-state index in [9.17, 15) is 14.3 Å². The van der Waals surface area contributed by atoms with Gasteiger partial charge in [0.15, 0.2) is 11.6 Å². The van der Waals surface area contributed by atoms with Crippen molar-refractivity contribution in [3.05, 3.63) is 75.4 Å². The van der Waals surface area contributed by atoms with E-state index in [2.05, 4.69) is 31.2 Å². The van der Waals surface area contributed by atoms with Crippen LogP contribution in [0.15, 0.2) is 63.3 Å². The number of nitrogens with zero attached hydrogens (tertiary/aromatic N) is 2. The van der Waals surface area contributed by atoms with E-state index in [4.69, 9.17) is 0 Å². The van der Waals surface area contributed by atoms with Crippen molar-refractivity contribution in [3.63, 3.8) is 0 Å². The van der Waals surface area contributed by atoms with E-state index in [0.29, 0.717) is 32.8 Å². The molecule has 1 aliphatic rings. The average Bonchev–Trinajstić information content (AvgIpc) is 2.61. The molecule has 7 heteroatoms. The number of rotatable bonds is 4.